The van der Waals surface area contributed by atoms with Gasteiger partial charge in [0, 0.05) is 11.1 Å². The van der Waals surface area contributed by atoms with Gasteiger partial charge in [-0.2, -0.15) is 0 Å². The first kappa shape index (κ1) is 12.2. The van der Waals surface area contributed by atoms with Gasteiger partial charge in [-0.05, 0) is 29.2 Å². The van der Waals surface area contributed by atoms with Gasteiger partial charge < -0.3 is 11.5 Å². The van der Waals surface area contributed by atoms with Crippen LogP contribution < -0.4 is 11.5 Å². The summed E-state index contributed by atoms with van der Waals surface area (Å²) < 4.78 is 0. The minimum absolute atomic E-state index is 0.171. The zero-order chi connectivity index (χ0) is 12.5. The molecule has 0 bridgehead atoms. The lowest BCUT2D eigenvalue weighted by Crippen LogP contribution is -2.19. The van der Waals surface area contributed by atoms with Gasteiger partial charge in [-0.1, -0.05) is 20.8 Å². The van der Waals surface area contributed by atoms with Gasteiger partial charge in [0.15, 0.2) is 0 Å². The van der Waals surface area contributed by atoms with Gasteiger partial charge in [0.05, 0.1) is 0 Å². The highest BCUT2D eigenvalue weighted by Crippen LogP contribution is 2.24. The normalized spacial score (nSPS) is 11.2. The minimum Gasteiger partial charge on any atom is -0.366 e. The van der Waals surface area contributed by atoms with Gasteiger partial charge in [0.2, 0.25) is 11.8 Å². The molecule has 0 saturated carbocycles. The molecule has 0 spiro atoms. The van der Waals surface area contributed by atoms with E-state index in [0.717, 1.165) is 5.56 Å². The summed E-state index contributed by atoms with van der Waals surface area (Å²) in [5.41, 5.74) is 11.7. The third kappa shape index (κ3) is 2.59. The summed E-state index contributed by atoms with van der Waals surface area (Å²) in [6, 6.07) is 4.80. The van der Waals surface area contributed by atoms with Crippen LogP contribution in [0.2, 0.25) is 0 Å². The van der Waals surface area contributed by atoms with Crippen LogP contribution in [-0.2, 0) is 5.41 Å². The third-order valence-electron chi connectivity index (χ3n) is 2.37. The average molecular weight is 220 g/mol. The second-order valence-corrected chi connectivity index (χ2v) is 4.78. The first-order valence-electron chi connectivity index (χ1n) is 4.97. The van der Waals surface area contributed by atoms with E-state index in [9.17, 15) is 9.59 Å². The van der Waals surface area contributed by atoms with Crippen LogP contribution >= 0.6 is 0 Å². The van der Waals surface area contributed by atoms with E-state index in [0.29, 0.717) is 11.1 Å². The molecule has 0 aliphatic carbocycles. The van der Waals surface area contributed by atoms with Crippen LogP contribution in [0.15, 0.2) is 18.2 Å². The minimum atomic E-state index is -0.561. The second kappa shape index (κ2) is 3.96. The molecule has 0 atom stereocenters. The topological polar surface area (TPSA) is 86.2 Å². The summed E-state index contributed by atoms with van der Waals surface area (Å²) in [5, 5.41) is 0. The highest BCUT2D eigenvalue weighted by Gasteiger charge is 2.17. The number of hydrogen-bond donors (Lipinski definition) is 2. The number of amides is 2. The maximum absolute atomic E-state index is 11.1. The molecule has 1 aromatic rings. The summed E-state index contributed by atoms with van der Waals surface area (Å²) in [5.74, 6) is -1.12. The highest BCUT2D eigenvalue weighted by atomic mass is 16.1. The number of primary amides is 2. The Labute approximate surface area is 94.6 Å². The van der Waals surface area contributed by atoms with Crippen molar-refractivity contribution in [1.82, 2.24) is 0 Å². The van der Waals surface area contributed by atoms with Crippen LogP contribution in [0.25, 0.3) is 0 Å². The van der Waals surface area contributed by atoms with Crippen LogP contribution in [0, 0.1) is 0 Å². The second-order valence-electron chi connectivity index (χ2n) is 4.78. The van der Waals surface area contributed by atoms with Crippen LogP contribution in [0.5, 0.6) is 0 Å². The summed E-state index contributed by atoms with van der Waals surface area (Å²) in [6.45, 7) is 5.95. The fourth-order valence-electron chi connectivity index (χ4n) is 1.35. The lowest BCUT2D eigenvalue weighted by molar-refractivity contribution is 0.0999. The van der Waals surface area contributed by atoms with E-state index in [1.165, 1.54) is 6.07 Å². The molecule has 0 fully saturated rings. The molecule has 2 amide bonds. The molecule has 1 aromatic carbocycles. The quantitative estimate of drug-likeness (QED) is 0.784. The Morgan fingerprint density at radius 3 is 1.56 bits per heavy atom. The number of rotatable bonds is 2. The maximum Gasteiger partial charge on any atom is 0.248 e. The number of nitrogens with two attached hydrogens (primary N) is 2. The molecule has 4 N–H and O–H groups in total. The lowest BCUT2D eigenvalue weighted by Gasteiger charge is -2.20. The molecule has 0 aliphatic heterocycles. The zero-order valence-corrected chi connectivity index (χ0v) is 9.70. The van der Waals surface area contributed by atoms with Crippen molar-refractivity contribution in [3.05, 3.63) is 34.9 Å². The van der Waals surface area contributed by atoms with E-state index >= 15 is 0 Å². The molecule has 0 heterocycles. The molecule has 4 nitrogen and oxygen atoms in total. The Hall–Kier alpha value is -1.84. The van der Waals surface area contributed by atoms with Crippen LogP contribution in [0.3, 0.4) is 0 Å². The molecule has 0 unspecified atom stereocenters. The van der Waals surface area contributed by atoms with Crippen molar-refractivity contribution in [2.45, 2.75) is 26.2 Å². The van der Waals surface area contributed by atoms with Gasteiger partial charge in [-0.3, -0.25) is 9.59 Å². The fraction of sp³-hybridized carbons (Fsp3) is 0.333. The van der Waals surface area contributed by atoms with Crippen molar-refractivity contribution >= 4 is 11.8 Å². The van der Waals surface area contributed by atoms with Crippen molar-refractivity contribution < 1.29 is 9.59 Å². The van der Waals surface area contributed by atoms with Crippen molar-refractivity contribution in [2.75, 3.05) is 0 Å². The SMILES string of the molecule is CC(C)(C)c1cc(C(N)=O)cc(C(N)=O)c1. The Bertz CT molecular complexity index is 413. The largest absolute Gasteiger partial charge is 0.366 e. The van der Waals surface area contributed by atoms with Crippen LogP contribution in [0.1, 0.15) is 47.1 Å². The molecular formula is C12H16N2O2. The molecular weight excluding hydrogens is 204 g/mol. The first-order valence-corrected chi connectivity index (χ1v) is 4.97. The van der Waals surface area contributed by atoms with Crippen LogP contribution in [0.4, 0.5) is 0 Å². The standard InChI is InChI=1S/C12H16N2O2/c1-12(2,3)9-5-7(10(13)15)4-8(6-9)11(14)16/h4-6H,1-3H3,(H2,13,15)(H2,14,16). The number of carbonyl (C=O) groups is 2. The summed E-state index contributed by atoms with van der Waals surface area (Å²) >= 11 is 0. The molecule has 16 heavy (non-hydrogen) atoms. The van der Waals surface area contributed by atoms with Crippen molar-refractivity contribution in [1.29, 1.82) is 0 Å². The fourth-order valence-corrected chi connectivity index (χ4v) is 1.35. The Morgan fingerprint density at radius 1 is 0.938 bits per heavy atom. The summed E-state index contributed by atoms with van der Waals surface area (Å²) in [7, 11) is 0. The van der Waals surface area contributed by atoms with Gasteiger partial charge in [-0.15, -0.1) is 0 Å². The Kier molecular flexibility index (Phi) is 3.03. The van der Waals surface area contributed by atoms with Crippen molar-refractivity contribution in [3.63, 3.8) is 0 Å². The van der Waals surface area contributed by atoms with Crippen molar-refractivity contribution in [3.8, 4) is 0 Å². The van der Waals surface area contributed by atoms with E-state index < -0.39 is 11.8 Å². The number of hydrogen-bond acceptors (Lipinski definition) is 2. The number of carbonyl (C=O) groups excluding carboxylic acids is 2. The van der Waals surface area contributed by atoms with E-state index in [1.807, 2.05) is 20.8 Å². The van der Waals surface area contributed by atoms with Gasteiger partial charge in [-0.25, -0.2) is 0 Å². The summed E-state index contributed by atoms with van der Waals surface area (Å²) in [4.78, 5) is 22.3. The zero-order valence-electron chi connectivity index (χ0n) is 9.70. The van der Waals surface area contributed by atoms with Gasteiger partial charge in [0.1, 0.15) is 0 Å². The number of benzene rings is 1. The Morgan fingerprint density at radius 2 is 1.31 bits per heavy atom. The van der Waals surface area contributed by atoms with E-state index in [4.69, 9.17) is 11.5 Å². The molecule has 0 aliphatic rings. The van der Waals surface area contributed by atoms with Crippen molar-refractivity contribution in [2.24, 2.45) is 11.5 Å². The smallest absolute Gasteiger partial charge is 0.248 e. The molecule has 86 valence electrons. The highest BCUT2D eigenvalue weighted by molar-refractivity contribution is 5.98. The maximum atomic E-state index is 11.1. The van der Waals surface area contributed by atoms with Crippen LogP contribution in [-0.4, -0.2) is 11.8 Å². The van der Waals surface area contributed by atoms with Gasteiger partial charge in [0.25, 0.3) is 0 Å². The predicted octanol–water partition coefficient (Wildman–Crippen LogP) is 1.18. The molecule has 1 rings (SSSR count). The molecule has 0 radical (unpaired) electrons. The summed E-state index contributed by atoms with van der Waals surface area (Å²) in [6.07, 6.45) is 0. The monoisotopic (exact) mass is 220 g/mol. The first-order chi connectivity index (χ1) is 7.21. The third-order valence-corrected chi connectivity index (χ3v) is 2.37. The molecule has 4 heteroatoms. The van der Waals surface area contributed by atoms with Gasteiger partial charge >= 0.3 is 0 Å². The average Bonchev–Trinajstić information content (AvgIpc) is 2.15. The van der Waals surface area contributed by atoms with E-state index in [1.54, 1.807) is 12.1 Å². The predicted molar refractivity (Wildman–Crippen MR) is 62.2 cm³/mol. The lowest BCUT2D eigenvalue weighted by atomic mass is 9.85. The molecule has 0 aromatic heterocycles. The van der Waals surface area contributed by atoms with E-state index in [2.05, 4.69) is 0 Å². The van der Waals surface area contributed by atoms with E-state index in [-0.39, 0.29) is 5.41 Å². The molecule has 0 saturated heterocycles. The Balaban J connectivity index is 3.42.